The second-order valence-electron chi connectivity index (χ2n) is 4.70. The first-order valence-corrected chi connectivity index (χ1v) is 6.00. The van der Waals surface area contributed by atoms with Gasteiger partial charge in [-0.15, -0.1) is 13.2 Å². The number of benzene rings is 1. The van der Waals surface area contributed by atoms with Gasteiger partial charge in [0, 0.05) is 18.0 Å². The van der Waals surface area contributed by atoms with E-state index in [0.717, 1.165) is 25.0 Å². The molecule has 1 fully saturated rings. The van der Waals surface area contributed by atoms with Crippen molar-refractivity contribution < 1.29 is 22.7 Å². The minimum absolute atomic E-state index is 0.153. The van der Waals surface area contributed by atoms with Crippen LogP contribution in [0.5, 0.6) is 5.75 Å². The van der Waals surface area contributed by atoms with Crippen LogP contribution in [0.25, 0.3) is 0 Å². The summed E-state index contributed by atoms with van der Waals surface area (Å²) in [5.41, 5.74) is 6.02. The largest absolute Gasteiger partial charge is 0.573 e. The van der Waals surface area contributed by atoms with Crippen molar-refractivity contribution in [3.63, 3.8) is 0 Å². The minimum atomic E-state index is -4.76. The van der Waals surface area contributed by atoms with Crippen LogP contribution in [-0.2, 0) is 0 Å². The van der Waals surface area contributed by atoms with Crippen LogP contribution >= 0.6 is 0 Å². The third-order valence-electron chi connectivity index (χ3n) is 3.04. The van der Waals surface area contributed by atoms with E-state index in [1.165, 1.54) is 12.1 Å². The highest BCUT2D eigenvalue weighted by molar-refractivity contribution is 5.96. The Labute approximate surface area is 108 Å². The average molecular weight is 273 g/mol. The van der Waals surface area contributed by atoms with Gasteiger partial charge >= 0.3 is 6.36 Å². The molecule has 0 aromatic heterocycles. The summed E-state index contributed by atoms with van der Waals surface area (Å²) in [5.74, 6) is -0.274. The highest BCUT2D eigenvalue weighted by Crippen LogP contribution is 2.33. The van der Waals surface area contributed by atoms with Crippen LogP contribution in [0.2, 0.25) is 0 Å². The quantitative estimate of drug-likeness (QED) is 0.839. The van der Waals surface area contributed by atoms with Crippen LogP contribution in [0.1, 0.15) is 29.6 Å². The van der Waals surface area contributed by atoms with E-state index in [1.807, 2.05) is 0 Å². The number of carbonyl (C=O) groups excluding carboxylic acids is 1. The Kier molecular flexibility index (Phi) is 3.80. The van der Waals surface area contributed by atoms with Gasteiger partial charge in [-0.25, -0.2) is 0 Å². The minimum Gasteiger partial charge on any atom is -0.406 e. The normalized spacial score (nSPS) is 17.1. The second-order valence-corrected chi connectivity index (χ2v) is 4.70. The molecular weight excluding hydrogens is 259 g/mol. The molecular formula is C13H14F3NO2. The molecule has 1 aliphatic rings. The van der Waals surface area contributed by atoms with Gasteiger partial charge in [0.2, 0.25) is 0 Å². The van der Waals surface area contributed by atoms with Crippen LogP contribution in [0, 0.1) is 5.92 Å². The summed E-state index contributed by atoms with van der Waals surface area (Å²) in [4.78, 5) is 11.9. The number of ether oxygens (including phenoxy) is 1. The number of carbonyl (C=O) groups is 1. The summed E-state index contributed by atoms with van der Waals surface area (Å²) in [6.45, 7) is 0. The van der Waals surface area contributed by atoms with Crippen LogP contribution in [0.4, 0.5) is 13.2 Å². The number of rotatable bonds is 5. The van der Waals surface area contributed by atoms with Gasteiger partial charge in [-0.3, -0.25) is 4.79 Å². The molecule has 2 N–H and O–H groups in total. The van der Waals surface area contributed by atoms with Gasteiger partial charge < -0.3 is 10.5 Å². The van der Waals surface area contributed by atoms with Crippen molar-refractivity contribution in [1.29, 1.82) is 0 Å². The maximum Gasteiger partial charge on any atom is 0.573 e. The number of nitrogens with two attached hydrogens (primary N) is 1. The summed E-state index contributed by atoms with van der Waals surface area (Å²) in [7, 11) is 0. The Morgan fingerprint density at radius 2 is 2.11 bits per heavy atom. The molecule has 0 heterocycles. The summed E-state index contributed by atoms with van der Waals surface area (Å²) < 4.78 is 40.0. The predicted molar refractivity (Wildman–Crippen MR) is 62.8 cm³/mol. The summed E-state index contributed by atoms with van der Waals surface area (Å²) in [6.07, 6.45) is -2.57. The van der Waals surface area contributed by atoms with Crippen LogP contribution < -0.4 is 10.5 Å². The van der Waals surface area contributed by atoms with E-state index in [1.54, 1.807) is 0 Å². The van der Waals surface area contributed by atoms with Crippen molar-refractivity contribution in [2.24, 2.45) is 11.7 Å². The molecule has 0 bridgehead atoms. The van der Waals surface area contributed by atoms with Gasteiger partial charge in [-0.05, 0) is 30.9 Å². The fourth-order valence-corrected chi connectivity index (χ4v) is 1.89. The first-order valence-electron chi connectivity index (χ1n) is 6.00. The van der Waals surface area contributed by atoms with Gasteiger partial charge in [-0.2, -0.15) is 0 Å². The Morgan fingerprint density at radius 1 is 1.42 bits per heavy atom. The highest BCUT2D eigenvalue weighted by atomic mass is 19.4. The third kappa shape index (κ3) is 4.24. The molecule has 6 heteroatoms. The average Bonchev–Trinajstić information content (AvgIpc) is 3.10. The highest BCUT2D eigenvalue weighted by Gasteiger charge is 2.32. The zero-order valence-corrected chi connectivity index (χ0v) is 10.1. The molecule has 104 valence electrons. The number of hydrogen-bond acceptors (Lipinski definition) is 3. The molecule has 1 unspecified atom stereocenters. The molecule has 1 saturated carbocycles. The molecule has 0 aliphatic heterocycles. The molecule has 1 atom stereocenters. The lowest BCUT2D eigenvalue weighted by Gasteiger charge is -2.11. The van der Waals surface area contributed by atoms with Crippen LogP contribution in [0.3, 0.4) is 0 Å². The number of Topliss-reactive ketones (excluding diaryl/α,β-unsaturated/α-hetero) is 1. The SMILES string of the molecule is NC(CC(=O)c1cccc(OC(F)(F)F)c1)C1CC1. The molecule has 19 heavy (non-hydrogen) atoms. The van der Waals surface area contributed by atoms with E-state index in [4.69, 9.17) is 5.73 Å². The second kappa shape index (κ2) is 5.21. The van der Waals surface area contributed by atoms with Crippen molar-refractivity contribution in [1.82, 2.24) is 0 Å². The van der Waals surface area contributed by atoms with Gasteiger partial charge in [0.25, 0.3) is 0 Å². The number of alkyl halides is 3. The summed E-state index contributed by atoms with van der Waals surface area (Å²) in [5, 5.41) is 0. The number of hydrogen-bond donors (Lipinski definition) is 1. The van der Waals surface area contributed by atoms with Crippen molar-refractivity contribution in [2.75, 3.05) is 0 Å². The monoisotopic (exact) mass is 273 g/mol. The van der Waals surface area contributed by atoms with Crippen molar-refractivity contribution in [3.8, 4) is 5.75 Å². The molecule has 0 amide bonds. The Balaban J connectivity index is 2.02. The molecule has 0 radical (unpaired) electrons. The van der Waals surface area contributed by atoms with E-state index in [2.05, 4.69) is 4.74 Å². The molecule has 0 saturated heterocycles. The standard InChI is InChI=1S/C13H14F3NO2/c14-13(15,16)19-10-3-1-2-9(6-10)12(18)7-11(17)8-4-5-8/h1-3,6,8,11H,4-5,7,17H2. The molecule has 0 spiro atoms. The molecule has 1 aliphatic carbocycles. The van der Waals surface area contributed by atoms with Crippen molar-refractivity contribution in [3.05, 3.63) is 29.8 Å². The fraction of sp³-hybridized carbons (Fsp3) is 0.462. The van der Waals surface area contributed by atoms with Crippen molar-refractivity contribution in [2.45, 2.75) is 31.7 Å². The van der Waals surface area contributed by atoms with E-state index in [9.17, 15) is 18.0 Å². The number of halogens is 3. The maximum absolute atomic E-state index is 12.1. The molecule has 1 aromatic carbocycles. The predicted octanol–water partition coefficient (Wildman–Crippen LogP) is 2.90. The first kappa shape index (κ1) is 13.9. The van der Waals surface area contributed by atoms with E-state index in [0.29, 0.717) is 5.92 Å². The first-order chi connectivity index (χ1) is 8.85. The lowest BCUT2D eigenvalue weighted by Crippen LogP contribution is -2.26. The lowest BCUT2D eigenvalue weighted by atomic mass is 10.0. The number of ketones is 1. The van der Waals surface area contributed by atoms with Gasteiger partial charge in [-0.1, -0.05) is 12.1 Å². The lowest BCUT2D eigenvalue weighted by molar-refractivity contribution is -0.274. The van der Waals surface area contributed by atoms with Crippen LogP contribution in [0.15, 0.2) is 24.3 Å². The molecule has 2 rings (SSSR count). The van der Waals surface area contributed by atoms with E-state index < -0.39 is 12.1 Å². The maximum atomic E-state index is 12.1. The smallest absolute Gasteiger partial charge is 0.406 e. The van der Waals surface area contributed by atoms with E-state index >= 15 is 0 Å². The molecule has 3 nitrogen and oxygen atoms in total. The van der Waals surface area contributed by atoms with E-state index in [-0.39, 0.29) is 23.8 Å². The third-order valence-corrected chi connectivity index (χ3v) is 3.04. The zero-order chi connectivity index (χ0) is 14.0. The summed E-state index contributed by atoms with van der Waals surface area (Å²) in [6, 6.07) is 4.86. The fourth-order valence-electron chi connectivity index (χ4n) is 1.89. The topological polar surface area (TPSA) is 52.3 Å². The zero-order valence-electron chi connectivity index (χ0n) is 10.1. The summed E-state index contributed by atoms with van der Waals surface area (Å²) >= 11 is 0. The van der Waals surface area contributed by atoms with Crippen molar-refractivity contribution >= 4 is 5.78 Å². The Hall–Kier alpha value is -1.56. The molecule has 1 aromatic rings. The van der Waals surface area contributed by atoms with Gasteiger partial charge in [0.15, 0.2) is 5.78 Å². The van der Waals surface area contributed by atoms with Gasteiger partial charge in [0.05, 0.1) is 0 Å². The Morgan fingerprint density at radius 3 is 2.68 bits per heavy atom. The van der Waals surface area contributed by atoms with Gasteiger partial charge in [0.1, 0.15) is 5.75 Å². The van der Waals surface area contributed by atoms with Crippen LogP contribution in [-0.4, -0.2) is 18.2 Å². The Bertz CT molecular complexity index is 469.